The quantitative estimate of drug-likeness (QED) is 0.860. The molecule has 1 aliphatic rings. The number of ether oxygens (including phenoxy) is 1. The van der Waals surface area contributed by atoms with E-state index in [0.29, 0.717) is 12.0 Å². The van der Waals surface area contributed by atoms with Gasteiger partial charge in [-0.05, 0) is 41.2 Å². The number of nitrogens with zero attached hydrogens (tertiary/aromatic N) is 1. The third-order valence-electron chi connectivity index (χ3n) is 4.94. The van der Waals surface area contributed by atoms with Crippen molar-refractivity contribution in [1.82, 2.24) is 10.2 Å². The van der Waals surface area contributed by atoms with Crippen molar-refractivity contribution >= 4 is 0 Å². The van der Waals surface area contributed by atoms with Crippen molar-refractivity contribution < 1.29 is 4.74 Å². The molecule has 0 spiro atoms. The number of nitrogens with one attached hydrogen (secondary N) is 1. The highest BCUT2D eigenvalue weighted by atomic mass is 16.5. The number of hydrogen-bond acceptors (Lipinski definition) is 3. The smallest absolute Gasteiger partial charge is 0.118 e. The number of methoxy groups -OCH3 is 1. The summed E-state index contributed by atoms with van der Waals surface area (Å²) in [5.41, 5.74) is 4.32. The zero-order valence-electron chi connectivity index (χ0n) is 15.7. The van der Waals surface area contributed by atoms with Crippen LogP contribution in [0.4, 0.5) is 0 Å². The minimum absolute atomic E-state index is 0.436. The van der Waals surface area contributed by atoms with Gasteiger partial charge in [0.25, 0.3) is 0 Å². The normalized spacial score (nSPS) is 18.5. The van der Waals surface area contributed by atoms with Crippen LogP contribution in [0.2, 0.25) is 0 Å². The summed E-state index contributed by atoms with van der Waals surface area (Å²) in [6, 6.07) is 17.9. The molecule has 25 heavy (non-hydrogen) atoms. The maximum atomic E-state index is 5.28. The maximum absolute atomic E-state index is 5.28. The summed E-state index contributed by atoms with van der Waals surface area (Å²) in [5.74, 6) is 1.59. The van der Waals surface area contributed by atoms with E-state index < -0.39 is 0 Å². The summed E-state index contributed by atoms with van der Waals surface area (Å²) < 4.78 is 5.28. The van der Waals surface area contributed by atoms with E-state index >= 15 is 0 Å². The summed E-state index contributed by atoms with van der Waals surface area (Å²) >= 11 is 0. The third-order valence-corrected chi connectivity index (χ3v) is 4.94. The van der Waals surface area contributed by atoms with E-state index in [4.69, 9.17) is 4.74 Å². The Balaban J connectivity index is 1.81. The van der Waals surface area contributed by atoms with Crippen molar-refractivity contribution in [3.63, 3.8) is 0 Å². The average Bonchev–Trinajstić information content (AvgIpc) is 2.63. The largest absolute Gasteiger partial charge is 0.497 e. The number of benzene rings is 2. The lowest BCUT2D eigenvalue weighted by molar-refractivity contribution is 0.153. The lowest BCUT2D eigenvalue weighted by Gasteiger charge is -2.37. The second-order valence-corrected chi connectivity index (χ2v) is 7.34. The average molecular weight is 338 g/mol. The summed E-state index contributed by atoms with van der Waals surface area (Å²) in [7, 11) is 1.72. The highest BCUT2D eigenvalue weighted by Crippen LogP contribution is 2.28. The van der Waals surface area contributed by atoms with E-state index in [1.165, 1.54) is 16.7 Å². The zero-order valence-corrected chi connectivity index (χ0v) is 15.7. The van der Waals surface area contributed by atoms with Crippen molar-refractivity contribution in [3.8, 4) is 5.75 Å². The molecule has 0 aromatic heterocycles. The van der Waals surface area contributed by atoms with Gasteiger partial charge in [0.2, 0.25) is 0 Å². The molecular weight excluding hydrogens is 308 g/mol. The van der Waals surface area contributed by atoms with Gasteiger partial charge in [0.1, 0.15) is 5.75 Å². The van der Waals surface area contributed by atoms with Gasteiger partial charge in [-0.1, -0.05) is 50.2 Å². The Labute approximate surface area is 152 Å². The van der Waals surface area contributed by atoms with Crippen LogP contribution in [0.25, 0.3) is 0 Å². The molecule has 0 amide bonds. The Morgan fingerprint density at radius 3 is 2.60 bits per heavy atom. The molecular formula is C22H30N2O. The van der Waals surface area contributed by atoms with E-state index in [-0.39, 0.29) is 0 Å². The molecule has 134 valence electrons. The van der Waals surface area contributed by atoms with Gasteiger partial charge in [-0.25, -0.2) is 0 Å². The van der Waals surface area contributed by atoms with Crippen LogP contribution >= 0.6 is 0 Å². The van der Waals surface area contributed by atoms with Gasteiger partial charge in [-0.3, -0.25) is 4.90 Å². The Morgan fingerprint density at radius 2 is 1.88 bits per heavy atom. The van der Waals surface area contributed by atoms with Crippen LogP contribution in [0.15, 0.2) is 48.5 Å². The van der Waals surface area contributed by atoms with Crippen molar-refractivity contribution in [2.75, 3.05) is 26.7 Å². The molecule has 0 radical (unpaired) electrons. The zero-order chi connectivity index (χ0) is 17.6. The molecule has 1 N–H and O–H groups in total. The standard InChI is InChI=1S/C22H30N2O/c1-17(2)14-19-6-4-5-7-21(19)22-15-23-12-13-24(22)16-18-8-10-20(25-3)11-9-18/h4-11,17,22-23H,12-16H2,1-3H3. The van der Waals surface area contributed by atoms with E-state index in [1.54, 1.807) is 7.11 Å². The highest BCUT2D eigenvalue weighted by Gasteiger charge is 2.25. The van der Waals surface area contributed by atoms with Gasteiger partial charge in [-0.2, -0.15) is 0 Å². The van der Waals surface area contributed by atoms with E-state index in [0.717, 1.165) is 38.3 Å². The number of rotatable bonds is 6. The Bertz CT molecular complexity index is 666. The number of hydrogen-bond donors (Lipinski definition) is 1. The molecule has 3 rings (SSSR count). The minimum Gasteiger partial charge on any atom is -0.497 e. The molecule has 3 nitrogen and oxygen atoms in total. The van der Waals surface area contributed by atoms with Crippen LogP contribution in [0.5, 0.6) is 5.75 Å². The van der Waals surface area contributed by atoms with Crippen molar-refractivity contribution in [2.45, 2.75) is 32.9 Å². The molecule has 1 unspecified atom stereocenters. The Morgan fingerprint density at radius 1 is 1.12 bits per heavy atom. The molecule has 1 atom stereocenters. The minimum atomic E-state index is 0.436. The highest BCUT2D eigenvalue weighted by molar-refractivity contribution is 5.32. The maximum Gasteiger partial charge on any atom is 0.118 e. The topological polar surface area (TPSA) is 24.5 Å². The van der Waals surface area contributed by atoms with Crippen LogP contribution in [0.3, 0.4) is 0 Å². The summed E-state index contributed by atoms with van der Waals surface area (Å²) in [4.78, 5) is 2.61. The van der Waals surface area contributed by atoms with Crippen LogP contribution in [-0.2, 0) is 13.0 Å². The first-order valence-electron chi connectivity index (χ1n) is 9.33. The van der Waals surface area contributed by atoms with E-state index in [9.17, 15) is 0 Å². The molecule has 1 heterocycles. The molecule has 0 aliphatic carbocycles. The molecule has 1 aliphatic heterocycles. The van der Waals surface area contributed by atoms with E-state index in [2.05, 4.69) is 72.6 Å². The van der Waals surface area contributed by atoms with Gasteiger partial charge < -0.3 is 10.1 Å². The van der Waals surface area contributed by atoms with Gasteiger partial charge in [0.15, 0.2) is 0 Å². The first-order valence-corrected chi connectivity index (χ1v) is 9.33. The van der Waals surface area contributed by atoms with Crippen LogP contribution < -0.4 is 10.1 Å². The van der Waals surface area contributed by atoms with Gasteiger partial charge in [-0.15, -0.1) is 0 Å². The van der Waals surface area contributed by atoms with Gasteiger partial charge in [0, 0.05) is 32.2 Å². The Kier molecular flexibility index (Phi) is 6.11. The molecule has 2 aromatic rings. The fourth-order valence-electron chi connectivity index (χ4n) is 3.69. The molecule has 1 saturated heterocycles. The fourth-order valence-corrected chi connectivity index (χ4v) is 3.69. The summed E-state index contributed by atoms with van der Waals surface area (Å²) in [6.07, 6.45) is 1.14. The molecule has 1 fully saturated rings. The monoisotopic (exact) mass is 338 g/mol. The molecule has 2 aromatic carbocycles. The lowest BCUT2D eigenvalue weighted by atomic mass is 9.92. The SMILES string of the molecule is COc1ccc(CN2CCNCC2c2ccccc2CC(C)C)cc1. The molecule has 3 heteroatoms. The van der Waals surface area contributed by atoms with Crippen LogP contribution in [-0.4, -0.2) is 31.6 Å². The summed E-state index contributed by atoms with van der Waals surface area (Å²) in [5, 5.41) is 3.59. The van der Waals surface area contributed by atoms with E-state index in [1.807, 2.05) is 0 Å². The van der Waals surface area contributed by atoms with Crippen LogP contribution in [0, 0.1) is 5.92 Å². The second-order valence-electron chi connectivity index (χ2n) is 7.34. The van der Waals surface area contributed by atoms with Crippen molar-refractivity contribution in [3.05, 3.63) is 65.2 Å². The molecule has 0 bridgehead atoms. The number of piperazine rings is 1. The van der Waals surface area contributed by atoms with Crippen molar-refractivity contribution in [2.24, 2.45) is 5.92 Å². The predicted octanol–water partition coefficient (Wildman–Crippen LogP) is 4.04. The second kappa shape index (κ2) is 8.50. The van der Waals surface area contributed by atoms with Gasteiger partial charge >= 0.3 is 0 Å². The molecule has 0 saturated carbocycles. The third kappa shape index (κ3) is 4.62. The Hall–Kier alpha value is -1.84. The first kappa shape index (κ1) is 18.0. The van der Waals surface area contributed by atoms with Crippen LogP contribution in [0.1, 0.15) is 36.6 Å². The van der Waals surface area contributed by atoms with Gasteiger partial charge in [0.05, 0.1) is 7.11 Å². The first-order chi connectivity index (χ1) is 12.2. The predicted molar refractivity (Wildman–Crippen MR) is 104 cm³/mol. The fraction of sp³-hybridized carbons (Fsp3) is 0.455. The lowest BCUT2D eigenvalue weighted by Crippen LogP contribution is -2.45. The summed E-state index contributed by atoms with van der Waals surface area (Å²) in [6.45, 7) is 8.72. The van der Waals surface area contributed by atoms with Crippen molar-refractivity contribution in [1.29, 1.82) is 0 Å².